The average molecular weight is 498 g/mol. The monoisotopic (exact) mass is 497 g/mol. The van der Waals surface area contributed by atoms with Gasteiger partial charge in [0.2, 0.25) is 5.91 Å². The number of benzene rings is 3. The van der Waals surface area contributed by atoms with Gasteiger partial charge in [0.05, 0.1) is 37.5 Å². The van der Waals surface area contributed by atoms with E-state index in [1.807, 2.05) is 79.7 Å². The average Bonchev–Trinajstić information content (AvgIpc) is 3.49. The maximum absolute atomic E-state index is 13.1. The largest absolute Gasteiger partial charge is 0.495 e. The van der Waals surface area contributed by atoms with Crippen LogP contribution in [-0.2, 0) is 11.3 Å². The lowest BCUT2D eigenvalue weighted by Gasteiger charge is -2.20. The molecule has 0 radical (unpaired) electrons. The van der Waals surface area contributed by atoms with E-state index in [4.69, 9.17) is 19.2 Å². The number of anilines is 1. The molecule has 0 saturated carbocycles. The Balaban J connectivity index is 1.39. The van der Waals surface area contributed by atoms with Gasteiger partial charge >= 0.3 is 0 Å². The Morgan fingerprint density at radius 3 is 2.57 bits per heavy atom. The number of fused-ring (bicyclic) bond motifs is 1. The van der Waals surface area contributed by atoms with Crippen LogP contribution in [0.2, 0.25) is 0 Å². The third-order valence-electron chi connectivity index (χ3n) is 6.67. The summed E-state index contributed by atoms with van der Waals surface area (Å²) >= 11 is 0. The molecule has 3 aromatic carbocycles. The fourth-order valence-corrected chi connectivity index (χ4v) is 4.95. The normalized spacial score (nSPS) is 15.6. The Labute approximate surface area is 216 Å². The standard InChI is InChI=1S/C30H31N3O4/c1-4-9-21-14-15-27(28(18-21)36-3)37-17-16-32-24-11-6-5-10-23(24)31-30(32)22-19-29(34)33(20-22)25-12-7-8-13-26(25)35-2/h4-15,18,22H,16-17,19-20H2,1-3H3/b9-4+. The summed E-state index contributed by atoms with van der Waals surface area (Å²) in [5, 5.41) is 0. The van der Waals surface area contributed by atoms with Gasteiger partial charge < -0.3 is 23.7 Å². The van der Waals surface area contributed by atoms with Crippen molar-refractivity contribution >= 4 is 28.7 Å². The van der Waals surface area contributed by atoms with Crippen LogP contribution in [0.5, 0.6) is 17.2 Å². The Bertz CT molecular complexity index is 1440. The van der Waals surface area contributed by atoms with Gasteiger partial charge in [-0.05, 0) is 48.9 Å². The quantitative estimate of drug-likeness (QED) is 0.297. The predicted molar refractivity (Wildman–Crippen MR) is 146 cm³/mol. The number of amides is 1. The van der Waals surface area contributed by atoms with Gasteiger partial charge in [-0.3, -0.25) is 4.79 Å². The molecule has 2 heterocycles. The third-order valence-corrected chi connectivity index (χ3v) is 6.67. The van der Waals surface area contributed by atoms with E-state index < -0.39 is 0 Å². The summed E-state index contributed by atoms with van der Waals surface area (Å²) in [5.41, 5.74) is 3.78. The molecule has 0 aliphatic carbocycles. The number of imidazole rings is 1. The lowest BCUT2D eigenvalue weighted by molar-refractivity contribution is -0.117. The molecule has 1 aliphatic rings. The first-order chi connectivity index (χ1) is 18.1. The number of carbonyl (C=O) groups excluding carboxylic acids is 1. The van der Waals surface area contributed by atoms with Crippen LogP contribution in [0.3, 0.4) is 0 Å². The molecule has 0 spiro atoms. The van der Waals surface area contributed by atoms with E-state index in [-0.39, 0.29) is 11.8 Å². The molecular weight excluding hydrogens is 466 g/mol. The number of hydrogen-bond donors (Lipinski definition) is 0. The van der Waals surface area contributed by atoms with Crippen LogP contribution in [0.1, 0.15) is 30.7 Å². The summed E-state index contributed by atoms with van der Waals surface area (Å²) in [6, 6.07) is 21.6. The van der Waals surface area contributed by atoms with E-state index in [9.17, 15) is 4.79 Å². The van der Waals surface area contributed by atoms with Crippen molar-refractivity contribution < 1.29 is 19.0 Å². The van der Waals surface area contributed by atoms with Gasteiger partial charge in [-0.15, -0.1) is 0 Å². The first-order valence-corrected chi connectivity index (χ1v) is 12.4. The number of methoxy groups -OCH3 is 2. The molecule has 1 amide bonds. The molecule has 1 fully saturated rings. The Hall–Kier alpha value is -4.26. The summed E-state index contributed by atoms with van der Waals surface area (Å²) in [6.07, 6.45) is 4.40. The summed E-state index contributed by atoms with van der Waals surface area (Å²) in [4.78, 5) is 19.8. The summed E-state index contributed by atoms with van der Waals surface area (Å²) in [6.45, 7) is 3.56. The van der Waals surface area contributed by atoms with Gasteiger partial charge in [0.1, 0.15) is 18.2 Å². The molecule has 5 rings (SSSR count). The molecule has 0 N–H and O–H groups in total. The van der Waals surface area contributed by atoms with Crippen molar-refractivity contribution in [1.82, 2.24) is 9.55 Å². The molecule has 1 aromatic heterocycles. The molecule has 4 aromatic rings. The van der Waals surface area contributed by atoms with E-state index in [0.717, 1.165) is 28.1 Å². The van der Waals surface area contributed by atoms with Gasteiger partial charge in [-0.2, -0.15) is 0 Å². The number of rotatable bonds is 9. The first kappa shape index (κ1) is 24.4. The molecule has 7 nitrogen and oxygen atoms in total. The van der Waals surface area contributed by atoms with Gasteiger partial charge in [0, 0.05) is 18.9 Å². The van der Waals surface area contributed by atoms with E-state index in [1.165, 1.54) is 0 Å². The molecule has 1 saturated heterocycles. The van der Waals surface area contributed by atoms with E-state index in [1.54, 1.807) is 19.1 Å². The molecule has 190 valence electrons. The Kier molecular flexibility index (Phi) is 7.12. The number of allylic oxidation sites excluding steroid dienone is 1. The number of carbonyl (C=O) groups is 1. The minimum atomic E-state index is -0.0422. The molecule has 1 aliphatic heterocycles. The number of aromatic nitrogens is 2. The summed E-state index contributed by atoms with van der Waals surface area (Å²) in [5.74, 6) is 2.99. The van der Waals surface area contributed by atoms with E-state index in [0.29, 0.717) is 43.4 Å². The maximum atomic E-state index is 13.1. The van der Waals surface area contributed by atoms with Crippen molar-refractivity contribution in [3.05, 3.63) is 84.2 Å². The number of hydrogen-bond acceptors (Lipinski definition) is 5. The molecule has 1 atom stereocenters. The highest BCUT2D eigenvalue weighted by molar-refractivity contribution is 5.97. The topological polar surface area (TPSA) is 65.8 Å². The maximum Gasteiger partial charge on any atom is 0.227 e. The highest BCUT2D eigenvalue weighted by atomic mass is 16.5. The van der Waals surface area contributed by atoms with Crippen LogP contribution in [0.4, 0.5) is 5.69 Å². The SMILES string of the molecule is C/C=C/c1ccc(OCCn2c(C3CC(=O)N(c4ccccc4OC)C3)nc3ccccc32)c(OC)c1. The summed E-state index contributed by atoms with van der Waals surface area (Å²) < 4.78 is 19.4. The minimum absolute atomic E-state index is 0.0422. The zero-order valence-electron chi connectivity index (χ0n) is 21.4. The highest BCUT2D eigenvalue weighted by Gasteiger charge is 2.36. The van der Waals surface area contributed by atoms with Crippen LogP contribution >= 0.6 is 0 Å². The molecule has 1 unspecified atom stereocenters. The number of ether oxygens (including phenoxy) is 3. The highest BCUT2D eigenvalue weighted by Crippen LogP contribution is 2.37. The fourth-order valence-electron chi connectivity index (χ4n) is 4.95. The van der Waals surface area contributed by atoms with Gasteiger partial charge in [-0.25, -0.2) is 4.98 Å². The number of nitrogens with zero attached hydrogens (tertiary/aromatic N) is 3. The van der Waals surface area contributed by atoms with Crippen LogP contribution in [0, 0.1) is 0 Å². The van der Waals surface area contributed by atoms with Crippen LogP contribution in [-0.4, -0.2) is 42.8 Å². The van der Waals surface area contributed by atoms with E-state index >= 15 is 0 Å². The van der Waals surface area contributed by atoms with Crippen LogP contribution in [0.25, 0.3) is 17.1 Å². The number of para-hydroxylation sites is 4. The molecule has 37 heavy (non-hydrogen) atoms. The molecule has 7 heteroatoms. The predicted octanol–water partition coefficient (Wildman–Crippen LogP) is 5.69. The Morgan fingerprint density at radius 2 is 1.76 bits per heavy atom. The third kappa shape index (κ3) is 4.89. The lowest BCUT2D eigenvalue weighted by Crippen LogP contribution is -2.25. The van der Waals surface area contributed by atoms with Crippen molar-refractivity contribution in [2.24, 2.45) is 0 Å². The van der Waals surface area contributed by atoms with Crippen molar-refractivity contribution in [2.45, 2.75) is 25.8 Å². The minimum Gasteiger partial charge on any atom is -0.495 e. The van der Waals surface area contributed by atoms with Gasteiger partial charge in [0.25, 0.3) is 0 Å². The zero-order chi connectivity index (χ0) is 25.8. The second kappa shape index (κ2) is 10.8. The van der Waals surface area contributed by atoms with Gasteiger partial charge in [0.15, 0.2) is 11.5 Å². The smallest absolute Gasteiger partial charge is 0.227 e. The van der Waals surface area contributed by atoms with Gasteiger partial charge in [-0.1, -0.05) is 42.5 Å². The zero-order valence-corrected chi connectivity index (χ0v) is 21.4. The van der Waals surface area contributed by atoms with Crippen LogP contribution in [0.15, 0.2) is 72.8 Å². The molecular formula is C30H31N3O4. The van der Waals surface area contributed by atoms with E-state index in [2.05, 4.69) is 10.6 Å². The van der Waals surface area contributed by atoms with Crippen molar-refractivity contribution in [3.8, 4) is 17.2 Å². The second-order valence-electron chi connectivity index (χ2n) is 8.95. The van der Waals surface area contributed by atoms with Crippen molar-refractivity contribution in [1.29, 1.82) is 0 Å². The fraction of sp³-hybridized carbons (Fsp3) is 0.267. The Morgan fingerprint density at radius 1 is 0.973 bits per heavy atom. The van der Waals surface area contributed by atoms with Crippen molar-refractivity contribution in [2.75, 3.05) is 32.3 Å². The van der Waals surface area contributed by atoms with Crippen molar-refractivity contribution in [3.63, 3.8) is 0 Å². The van der Waals surface area contributed by atoms with Crippen LogP contribution < -0.4 is 19.1 Å². The molecule has 0 bridgehead atoms. The lowest BCUT2D eigenvalue weighted by atomic mass is 10.1. The summed E-state index contributed by atoms with van der Waals surface area (Å²) in [7, 11) is 3.27. The second-order valence-corrected chi connectivity index (χ2v) is 8.95. The first-order valence-electron chi connectivity index (χ1n) is 12.4.